The standard InChI is InChI=1S/C21H24FN3O/c22-16-6-1-5-15(13-16)17-7-2-8-19-21(17)25(14-24-19)12-4-9-18-20(26)10-3-11-23-18/h1-2,5-8,13-14,18,20,23,26H,3-4,9-12H2/t18-,20+/m1/s1. The largest absolute Gasteiger partial charge is 0.392 e. The van der Waals surface area contributed by atoms with Crippen molar-refractivity contribution in [2.24, 2.45) is 0 Å². The van der Waals surface area contributed by atoms with Gasteiger partial charge in [0.25, 0.3) is 0 Å². The molecule has 0 radical (unpaired) electrons. The van der Waals surface area contributed by atoms with Crippen molar-refractivity contribution in [1.29, 1.82) is 0 Å². The fraction of sp³-hybridized carbons (Fsp3) is 0.381. The molecule has 2 heterocycles. The summed E-state index contributed by atoms with van der Waals surface area (Å²) >= 11 is 0. The third-order valence-corrected chi connectivity index (χ3v) is 5.24. The van der Waals surface area contributed by atoms with Gasteiger partial charge in [0.2, 0.25) is 0 Å². The molecule has 26 heavy (non-hydrogen) atoms. The lowest BCUT2D eigenvalue weighted by Crippen LogP contribution is -2.44. The first-order chi connectivity index (χ1) is 12.7. The number of para-hydroxylation sites is 1. The highest BCUT2D eigenvalue weighted by atomic mass is 19.1. The molecule has 2 aromatic carbocycles. The van der Waals surface area contributed by atoms with Crippen LogP contribution in [0.1, 0.15) is 25.7 Å². The van der Waals surface area contributed by atoms with E-state index in [0.717, 1.165) is 60.9 Å². The number of nitrogens with one attached hydrogen (secondary N) is 1. The molecule has 1 aromatic heterocycles. The molecule has 0 saturated carbocycles. The van der Waals surface area contributed by atoms with Gasteiger partial charge in [0.1, 0.15) is 5.82 Å². The number of fused-ring (bicyclic) bond motifs is 1. The van der Waals surface area contributed by atoms with Crippen LogP contribution in [-0.2, 0) is 6.54 Å². The Morgan fingerprint density at radius 3 is 2.96 bits per heavy atom. The fourth-order valence-electron chi connectivity index (χ4n) is 3.90. The van der Waals surface area contributed by atoms with E-state index in [2.05, 4.69) is 14.9 Å². The van der Waals surface area contributed by atoms with Crippen molar-refractivity contribution in [3.63, 3.8) is 0 Å². The molecule has 1 fully saturated rings. The average molecular weight is 353 g/mol. The average Bonchev–Trinajstić information content (AvgIpc) is 3.07. The maximum Gasteiger partial charge on any atom is 0.123 e. The summed E-state index contributed by atoms with van der Waals surface area (Å²) in [5.74, 6) is -0.233. The molecule has 2 atom stereocenters. The van der Waals surface area contributed by atoms with Crippen LogP contribution in [0, 0.1) is 5.82 Å². The molecule has 0 spiro atoms. The van der Waals surface area contributed by atoms with Crippen LogP contribution in [0.3, 0.4) is 0 Å². The fourth-order valence-corrected chi connectivity index (χ4v) is 3.90. The van der Waals surface area contributed by atoms with E-state index in [-0.39, 0.29) is 18.0 Å². The van der Waals surface area contributed by atoms with E-state index in [0.29, 0.717) is 0 Å². The molecule has 0 bridgehead atoms. The van der Waals surface area contributed by atoms with Gasteiger partial charge >= 0.3 is 0 Å². The number of aryl methyl sites for hydroxylation is 1. The van der Waals surface area contributed by atoms with E-state index in [1.807, 2.05) is 30.6 Å². The Morgan fingerprint density at radius 1 is 1.23 bits per heavy atom. The minimum atomic E-state index is -0.244. The van der Waals surface area contributed by atoms with Crippen molar-refractivity contribution in [2.75, 3.05) is 6.54 Å². The van der Waals surface area contributed by atoms with Gasteiger partial charge in [-0.05, 0) is 56.0 Å². The lowest BCUT2D eigenvalue weighted by molar-refractivity contribution is 0.0909. The molecule has 3 aromatic rings. The Morgan fingerprint density at radius 2 is 2.12 bits per heavy atom. The van der Waals surface area contributed by atoms with Crippen LogP contribution < -0.4 is 5.32 Å². The van der Waals surface area contributed by atoms with E-state index >= 15 is 0 Å². The Labute approximate surface area is 152 Å². The summed E-state index contributed by atoms with van der Waals surface area (Å²) in [7, 11) is 0. The van der Waals surface area contributed by atoms with Gasteiger partial charge in [-0.3, -0.25) is 0 Å². The normalized spacial score (nSPS) is 20.5. The Hall–Kier alpha value is -2.24. The number of rotatable bonds is 5. The van der Waals surface area contributed by atoms with Crippen molar-refractivity contribution >= 4 is 11.0 Å². The van der Waals surface area contributed by atoms with Crippen molar-refractivity contribution in [2.45, 2.75) is 44.4 Å². The summed E-state index contributed by atoms with van der Waals surface area (Å²) in [5.41, 5.74) is 3.81. The van der Waals surface area contributed by atoms with Gasteiger partial charge in [-0.2, -0.15) is 0 Å². The summed E-state index contributed by atoms with van der Waals surface area (Å²) in [6.45, 7) is 1.81. The van der Waals surface area contributed by atoms with Crippen LogP contribution in [0.25, 0.3) is 22.2 Å². The number of imidazole rings is 1. The molecule has 0 aliphatic carbocycles. The predicted molar refractivity (Wildman–Crippen MR) is 101 cm³/mol. The zero-order valence-corrected chi connectivity index (χ0v) is 14.7. The molecule has 0 amide bonds. The maximum absolute atomic E-state index is 13.7. The molecule has 4 rings (SSSR count). The predicted octanol–water partition coefficient (Wildman–Crippen LogP) is 3.74. The Bertz CT molecular complexity index is 892. The summed E-state index contributed by atoms with van der Waals surface area (Å²) < 4.78 is 15.8. The zero-order chi connectivity index (χ0) is 17.9. The second kappa shape index (κ2) is 7.56. The third kappa shape index (κ3) is 3.50. The van der Waals surface area contributed by atoms with Crippen LogP contribution in [0.4, 0.5) is 4.39 Å². The number of nitrogens with zero attached hydrogens (tertiary/aromatic N) is 2. The Balaban J connectivity index is 1.56. The van der Waals surface area contributed by atoms with Crippen molar-refractivity contribution in [3.8, 4) is 11.1 Å². The third-order valence-electron chi connectivity index (χ3n) is 5.24. The van der Waals surface area contributed by atoms with Crippen LogP contribution in [0.5, 0.6) is 0 Å². The van der Waals surface area contributed by atoms with Crippen LogP contribution in [-0.4, -0.2) is 33.3 Å². The number of aliphatic hydroxyl groups is 1. The van der Waals surface area contributed by atoms with E-state index in [1.54, 1.807) is 12.1 Å². The quantitative estimate of drug-likeness (QED) is 0.735. The minimum absolute atomic E-state index is 0.182. The molecule has 5 heteroatoms. The van der Waals surface area contributed by atoms with Gasteiger partial charge < -0.3 is 15.0 Å². The number of halogens is 1. The number of hydrogen-bond acceptors (Lipinski definition) is 3. The second-order valence-electron chi connectivity index (χ2n) is 7.03. The molecule has 1 saturated heterocycles. The van der Waals surface area contributed by atoms with Crippen molar-refractivity contribution in [3.05, 3.63) is 54.6 Å². The van der Waals surface area contributed by atoms with Gasteiger partial charge in [0.05, 0.1) is 23.5 Å². The summed E-state index contributed by atoms with van der Waals surface area (Å²) in [5, 5.41) is 13.5. The summed E-state index contributed by atoms with van der Waals surface area (Å²) in [4.78, 5) is 4.51. The number of aliphatic hydroxyl groups excluding tert-OH is 1. The lowest BCUT2D eigenvalue weighted by Gasteiger charge is -2.29. The number of hydrogen-bond donors (Lipinski definition) is 2. The minimum Gasteiger partial charge on any atom is -0.392 e. The molecule has 1 aliphatic rings. The second-order valence-corrected chi connectivity index (χ2v) is 7.03. The van der Waals surface area contributed by atoms with Crippen LogP contribution in [0.15, 0.2) is 48.8 Å². The van der Waals surface area contributed by atoms with E-state index < -0.39 is 0 Å². The molecule has 0 unspecified atom stereocenters. The van der Waals surface area contributed by atoms with Gasteiger partial charge in [0, 0.05) is 18.2 Å². The Kier molecular flexibility index (Phi) is 5.00. The van der Waals surface area contributed by atoms with E-state index in [1.165, 1.54) is 6.07 Å². The first kappa shape index (κ1) is 17.2. The molecular formula is C21H24FN3O. The monoisotopic (exact) mass is 353 g/mol. The summed E-state index contributed by atoms with van der Waals surface area (Å²) in [6, 6.07) is 12.8. The SMILES string of the molecule is O[C@H]1CCCN[C@@H]1CCCn1cnc2cccc(-c3cccc(F)c3)c21. The van der Waals surface area contributed by atoms with Gasteiger partial charge in [0.15, 0.2) is 0 Å². The van der Waals surface area contributed by atoms with Crippen LogP contribution >= 0.6 is 0 Å². The van der Waals surface area contributed by atoms with E-state index in [9.17, 15) is 9.50 Å². The molecule has 1 aliphatic heterocycles. The van der Waals surface area contributed by atoms with Gasteiger partial charge in [-0.15, -0.1) is 0 Å². The van der Waals surface area contributed by atoms with Gasteiger partial charge in [-0.1, -0.05) is 24.3 Å². The number of aromatic nitrogens is 2. The number of benzene rings is 2. The van der Waals surface area contributed by atoms with Crippen LogP contribution in [0.2, 0.25) is 0 Å². The lowest BCUT2D eigenvalue weighted by atomic mass is 9.97. The van der Waals surface area contributed by atoms with Crippen molar-refractivity contribution in [1.82, 2.24) is 14.9 Å². The maximum atomic E-state index is 13.7. The highest BCUT2D eigenvalue weighted by Gasteiger charge is 2.21. The topological polar surface area (TPSA) is 50.1 Å². The molecule has 2 N–H and O–H groups in total. The van der Waals surface area contributed by atoms with Gasteiger partial charge in [-0.25, -0.2) is 9.37 Å². The molecule has 136 valence electrons. The first-order valence-corrected chi connectivity index (χ1v) is 9.33. The smallest absolute Gasteiger partial charge is 0.123 e. The highest BCUT2D eigenvalue weighted by molar-refractivity contribution is 5.92. The molecular weight excluding hydrogens is 329 g/mol. The summed E-state index contributed by atoms with van der Waals surface area (Å²) in [6.07, 6.45) is 5.43. The first-order valence-electron chi connectivity index (χ1n) is 9.33. The number of piperidine rings is 1. The van der Waals surface area contributed by atoms with E-state index in [4.69, 9.17) is 0 Å². The zero-order valence-electron chi connectivity index (χ0n) is 14.7. The highest BCUT2D eigenvalue weighted by Crippen LogP contribution is 2.29. The molecule has 4 nitrogen and oxygen atoms in total. The van der Waals surface area contributed by atoms with Crippen molar-refractivity contribution < 1.29 is 9.50 Å².